The first-order chi connectivity index (χ1) is 14.6. The first-order valence-corrected chi connectivity index (χ1v) is 10.1. The van der Waals surface area contributed by atoms with E-state index < -0.39 is 0 Å². The van der Waals surface area contributed by atoms with Crippen LogP contribution in [0, 0.1) is 6.92 Å². The molecule has 0 heterocycles. The molecule has 0 aliphatic rings. The van der Waals surface area contributed by atoms with Crippen LogP contribution in [0.25, 0.3) is 0 Å². The lowest BCUT2D eigenvalue weighted by Crippen LogP contribution is -2.38. The molecule has 0 radical (unpaired) electrons. The van der Waals surface area contributed by atoms with Gasteiger partial charge in [-0.15, -0.1) is 0 Å². The number of rotatable bonds is 8. The number of carbonyl (C=O) groups is 1. The minimum absolute atomic E-state index is 0.268. The summed E-state index contributed by atoms with van der Waals surface area (Å²) in [7, 11) is 0. The van der Waals surface area contributed by atoms with Crippen LogP contribution in [-0.2, 0) is 6.54 Å². The van der Waals surface area contributed by atoms with Gasteiger partial charge in [0.15, 0.2) is 5.11 Å². The Morgan fingerprint density at radius 1 is 0.833 bits per heavy atom. The van der Waals surface area contributed by atoms with E-state index in [4.69, 9.17) is 21.7 Å². The van der Waals surface area contributed by atoms with E-state index in [0.717, 1.165) is 11.3 Å². The molecule has 0 aromatic heterocycles. The molecule has 5 nitrogen and oxygen atoms in total. The molecule has 0 fully saturated rings. The summed E-state index contributed by atoms with van der Waals surface area (Å²) in [4.78, 5) is 12.3. The van der Waals surface area contributed by atoms with Crippen LogP contribution in [0.2, 0.25) is 0 Å². The second-order valence-corrected chi connectivity index (χ2v) is 7.07. The van der Waals surface area contributed by atoms with Crippen molar-refractivity contribution < 1.29 is 14.3 Å². The highest BCUT2D eigenvalue weighted by Crippen LogP contribution is 2.13. The smallest absolute Gasteiger partial charge is 0.257 e. The largest absolute Gasteiger partial charge is 0.490 e. The average Bonchev–Trinajstić information content (AvgIpc) is 2.77. The van der Waals surface area contributed by atoms with Crippen LogP contribution in [-0.4, -0.2) is 24.2 Å². The van der Waals surface area contributed by atoms with Crippen LogP contribution in [0.5, 0.6) is 11.5 Å². The van der Waals surface area contributed by atoms with E-state index in [-0.39, 0.29) is 5.91 Å². The number of nitrogens with one attached hydrogen (secondary N) is 2. The fraction of sp³-hybridized carbons (Fsp3) is 0.167. The minimum atomic E-state index is -0.268. The van der Waals surface area contributed by atoms with Gasteiger partial charge in [0.1, 0.15) is 24.7 Å². The van der Waals surface area contributed by atoms with Gasteiger partial charge in [0.05, 0.1) is 0 Å². The second-order valence-electron chi connectivity index (χ2n) is 6.66. The zero-order chi connectivity index (χ0) is 21.2. The SMILES string of the molecule is Cc1ccc(CNC(=S)NC(=O)c2ccc(OCCOc3ccccc3)cc2)cc1. The Morgan fingerprint density at radius 2 is 1.43 bits per heavy atom. The number of hydrogen-bond acceptors (Lipinski definition) is 4. The maximum absolute atomic E-state index is 12.3. The van der Waals surface area contributed by atoms with Crippen molar-refractivity contribution in [2.24, 2.45) is 0 Å². The fourth-order valence-electron chi connectivity index (χ4n) is 2.65. The highest BCUT2D eigenvalue weighted by atomic mass is 32.1. The van der Waals surface area contributed by atoms with Crippen molar-refractivity contribution in [2.45, 2.75) is 13.5 Å². The van der Waals surface area contributed by atoms with Gasteiger partial charge in [-0.05, 0) is 61.1 Å². The third-order valence-corrected chi connectivity index (χ3v) is 4.53. The van der Waals surface area contributed by atoms with Crippen molar-refractivity contribution >= 4 is 23.2 Å². The van der Waals surface area contributed by atoms with Crippen molar-refractivity contribution in [1.29, 1.82) is 0 Å². The van der Waals surface area contributed by atoms with Gasteiger partial charge in [-0.1, -0.05) is 48.0 Å². The molecule has 0 aliphatic heterocycles. The lowest BCUT2D eigenvalue weighted by atomic mass is 10.1. The molecule has 3 aromatic rings. The lowest BCUT2D eigenvalue weighted by molar-refractivity contribution is 0.0976. The van der Waals surface area contributed by atoms with Crippen LogP contribution in [0.1, 0.15) is 21.5 Å². The molecule has 0 spiro atoms. The second kappa shape index (κ2) is 11.0. The number of aryl methyl sites for hydroxylation is 1. The van der Waals surface area contributed by atoms with Crippen LogP contribution in [0.3, 0.4) is 0 Å². The van der Waals surface area contributed by atoms with E-state index in [2.05, 4.69) is 10.6 Å². The van der Waals surface area contributed by atoms with E-state index in [9.17, 15) is 4.79 Å². The van der Waals surface area contributed by atoms with Crippen LogP contribution >= 0.6 is 12.2 Å². The summed E-state index contributed by atoms with van der Waals surface area (Å²) in [5.41, 5.74) is 2.79. The number of ether oxygens (including phenoxy) is 2. The Labute approximate surface area is 182 Å². The van der Waals surface area contributed by atoms with E-state index in [1.165, 1.54) is 5.56 Å². The normalized spacial score (nSPS) is 10.2. The van der Waals surface area contributed by atoms with E-state index in [1.54, 1.807) is 24.3 Å². The van der Waals surface area contributed by atoms with E-state index in [1.807, 2.05) is 61.5 Å². The quantitative estimate of drug-likeness (QED) is 0.421. The van der Waals surface area contributed by atoms with Gasteiger partial charge in [0.2, 0.25) is 0 Å². The van der Waals surface area contributed by atoms with Crippen molar-refractivity contribution in [3.8, 4) is 11.5 Å². The third kappa shape index (κ3) is 6.90. The van der Waals surface area contributed by atoms with Crippen molar-refractivity contribution in [3.05, 3.63) is 95.6 Å². The summed E-state index contributed by atoms with van der Waals surface area (Å²) in [6.07, 6.45) is 0. The number of hydrogen-bond donors (Lipinski definition) is 2. The highest BCUT2D eigenvalue weighted by Gasteiger charge is 2.08. The Bertz CT molecular complexity index is 958. The maximum Gasteiger partial charge on any atom is 0.257 e. The number of thiocarbonyl (C=S) groups is 1. The van der Waals surface area contributed by atoms with Gasteiger partial charge in [-0.3, -0.25) is 10.1 Å². The molecule has 0 saturated carbocycles. The number of benzene rings is 3. The van der Waals surface area contributed by atoms with Crippen molar-refractivity contribution in [3.63, 3.8) is 0 Å². The molecule has 30 heavy (non-hydrogen) atoms. The molecule has 154 valence electrons. The van der Waals surface area contributed by atoms with Crippen LogP contribution < -0.4 is 20.1 Å². The molecule has 0 bridgehead atoms. The topological polar surface area (TPSA) is 59.6 Å². The van der Waals surface area contributed by atoms with Gasteiger partial charge in [-0.2, -0.15) is 0 Å². The summed E-state index contributed by atoms with van der Waals surface area (Å²) in [5, 5.41) is 6.02. The Hall–Kier alpha value is -3.38. The molecule has 3 aromatic carbocycles. The lowest BCUT2D eigenvalue weighted by Gasteiger charge is -2.11. The standard InChI is InChI=1S/C24H24N2O3S/c1-18-7-9-19(10-8-18)17-25-24(30)26-23(27)20-11-13-22(14-12-20)29-16-15-28-21-5-3-2-4-6-21/h2-14H,15-17H2,1H3,(H2,25,26,27,30). The third-order valence-electron chi connectivity index (χ3n) is 4.28. The molecular weight excluding hydrogens is 396 g/mol. The molecule has 2 N–H and O–H groups in total. The number of carbonyl (C=O) groups excluding carboxylic acids is 1. The van der Waals surface area contributed by atoms with E-state index >= 15 is 0 Å². The number of amides is 1. The monoisotopic (exact) mass is 420 g/mol. The summed E-state index contributed by atoms with van der Waals surface area (Å²) < 4.78 is 11.2. The molecule has 3 rings (SSSR count). The molecule has 1 amide bonds. The van der Waals surface area contributed by atoms with Crippen LogP contribution in [0.15, 0.2) is 78.9 Å². The minimum Gasteiger partial charge on any atom is -0.490 e. The molecule has 6 heteroatoms. The van der Waals surface area contributed by atoms with Gasteiger partial charge in [-0.25, -0.2) is 0 Å². The predicted octanol–water partition coefficient (Wildman–Crippen LogP) is 4.26. The molecule has 0 aliphatic carbocycles. The highest BCUT2D eigenvalue weighted by molar-refractivity contribution is 7.80. The Kier molecular flexibility index (Phi) is 7.80. The fourth-order valence-corrected chi connectivity index (χ4v) is 2.81. The van der Waals surface area contributed by atoms with Gasteiger partial charge >= 0.3 is 0 Å². The predicted molar refractivity (Wildman–Crippen MR) is 122 cm³/mol. The Morgan fingerprint density at radius 3 is 2.07 bits per heavy atom. The van der Waals surface area contributed by atoms with Crippen LogP contribution in [0.4, 0.5) is 0 Å². The number of para-hydroxylation sites is 1. The summed E-state index contributed by atoms with van der Waals surface area (Å²) in [6, 6.07) is 24.6. The summed E-state index contributed by atoms with van der Waals surface area (Å²) in [5.74, 6) is 1.21. The van der Waals surface area contributed by atoms with E-state index in [0.29, 0.717) is 36.2 Å². The van der Waals surface area contributed by atoms with Gasteiger partial charge in [0, 0.05) is 12.1 Å². The van der Waals surface area contributed by atoms with Crippen molar-refractivity contribution in [1.82, 2.24) is 10.6 Å². The zero-order valence-electron chi connectivity index (χ0n) is 16.8. The molecule has 0 atom stereocenters. The molecular formula is C24H24N2O3S. The zero-order valence-corrected chi connectivity index (χ0v) is 17.6. The first kappa shape index (κ1) is 21.3. The van der Waals surface area contributed by atoms with Gasteiger partial charge < -0.3 is 14.8 Å². The van der Waals surface area contributed by atoms with Gasteiger partial charge in [0.25, 0.3) is 5.91 Å². The molecule has 0 saturated heterocycles. The average molecular weight is 421 g/mol. The first-order valence-electron chi connectivity index (χ1n) is 9.65. The molecule has 0 unspecified atom stereocenters. The Balaban J connectivity index is 1.39. The van der Waals surface area contributed by atoms with Crippen molar-refractivity contribution in [2.75, 3.05) is 13.2 Å². The summed E-state index contributed by atoms with van der Waals surface area (Å²) >= 11 is 5.21. The maximum atomic E-state index is 12.3. The summed E-state index contributed by atoms with van der Waals surface area (Å²) in [6.45, 7) is 3.44.